The van der Waals surface area contributed by atoms with Crippen LogP contribution in [0.25, 0.3) is 6.08 Å². The lowest BCUT2D eigenvalue weighted by atomic mass is 10.3. The molecule has 1 N–H and O–H groups in total. The Hall–Kier alpha value is -1.36. The first-order chi connectivity index (χ1) is 9.90. The topological polar surface area (TPSA) is 34.4 Å². The summed E-state index contributed by atoms with van der Waals surface area (Å²) in [5.74, 6) is 1.88. The van der Waals surface area contributed by atoms with Crippen molar-refractivity contribution in [3.63, 3.8) is 0 Å². The Morgan fingerprint density at radius 1 is 1.30 bits per heavy atom. The first-order valence-corrected chi connectivity index (χ1v) is 7.92. The van der Waals surface area contributed by atoms with Crippen molar-refractivity contribution < 1.29 is 9.15 Å². The summed E-state index contributed by atoms with van der Waals surface area (Å²) in [7, 11) is 0. The van der Waals surface area contributed by atoms with Crippen LogP contribution in [0, 0.1) is 0 Å². The number of thiophene rings is 1. The lowest BCUT2D eigenvalue weighted by molar-refractivity contribution is 0.130. The molecule has 3 nitrogen and oxygen atoms in total. The van der Waals surface area contributed by atoms with Gasteiger partial charge in [-0.25, -0.2) is 0 Å². The molecule has 1 aliphatic rings. The third-order valence-corrected chi connectivity index (χ3v) is 3.87. The smallest absolute Gasteiger partial charge is 0.129 e. The molecule has 0 aromatic carbocycles. The van der Waals surface area contributed by atoms with Gasteiger partial charge >= 0.3 is 0 Å². The summed E-state index contributed by atoms with van der Waals surface area (Å²) in [5, 5.41) is 7.62. The van der Waals surface area contributed by atoms with E-state index in [9.17, 15) is 0 Å². The minimum atomic E-state index is 0.525. The van der Waals surface area contributed by atoms with Gasteiger partial charge in [0.05, 0.1) is 13.2 Å². The largest absolute Gasteiger partial charge is 0.462 e. The van der Waals surface area contributed by atoms with Crippen LogP contribution >= 0.6 is 11.3 Å². The predicted molar refractivity (Wildman–Crippen MR) is 81.6 cm³/mol. The van der Waals surface area contributed by atoms with Crippen LogP contribution in [-0.2, 0) is 17.9 Å². The number of rotatable bonds is 8. The maximum atomic E-state index is 5.70. The van der Waals surface area contributed by atoms with E-state index in [0.717, 1.165) is 18.1 Å². The number of ether oxygens (including phenoxy) is 1. The molecule has 0 unspecified atom stereocenters. The Labute approximate surface area is 123 Å². The van der Waals surface area contributed by atoms with Crippen LogP contribution in [0.2, 0.25) is 0 Å². The maximum absolute atomic E-state index is 5.70. The molecule has 3 rings (SSSR count). The molecule has 106 valence electrons. The quantitative estimate of drug-likeness (QED) is 0.750. The van der Waals surface area contributed by atoms with Gasteiger partial charge in [-0.1, -0.05) is 12.2 Å². The van der Waals surface area contributed by atoms with E-state index in [-0.39, 0.29) is 0 Å². The molecule has 2 aromatic rings. The summed E-state index contributed by atoms with van der Waals surface area (Å²) in [6.07, 6.45) is 6.70. The Morgan fingerprint density at radius 3 is 3.00 bits per heavy atom. The zero-order valence-electron chi connectivity index (χ0n) is 11.4. The molecule has 1 saturated carbocycles. The molecule has 2 heterocycles. The number of nitrogens with one attached hydrogen (secondary N) is 1. The fraction of sp³-hybridized carbons (Fsp3) is 0.375. The van der Waals surface area contributed by atoms with Crippen LogP contribution in [0.1, 0.15) is 29.9 Å². The van der Waals surface area contributed by atoms with E-state index in [0.29, 0.717) is 19.3 Å². The fourth-order valence-corrected chi connectivity index (χ4v) is 2.54. The highest BCUT2D eigenvalue weighted by Gasteiger charge is 2.20. The second-order valence-electron chi connectivity index (χ2n) is 5.00. The second-order valence-corrected chi connectivity index (χ2v) is 5.78. The van der Waals surface area contributed by atoms with Crippen molar-refractivity contribution in [2.75, 3.05) is 6.61 Å². The van der Waals surface area contributed by atoms with Gasteiger partial charge in [-0.3, -0.25) is 0 Å². The third kappa shape index (κ3) is 4.34. The van der Waals surface area contributed by atoms with Crippen molar-refractivity contribution in [1.82, 2.24) is 5.32 Å². The van der Waals surface area contributed by atoms with Crippen molar-refractivity contribution in [2.24, 2.45) is 0 Å². The van der Waals surface area contributed by atoms with Crippen molar-refractivity contribution in [2.45, 2.75) is 32.0 Å². The van der Waals surface area contributed by atoms with E-state index < -0.39 is 0 Å². The molecular formula is C16H19NO2S. The van der Waals surface area contributed by atoms with Crippen molar-refractivity contribution in [1.29, 1.82) is 0 Å². The van der Waals surface area contributed by atoms with Crippen LogP contribution in [0.5, 0.6) is 0 Å². The standard InChI is InChI=1S/C16H19NO2S/c1(2-13-7-9-20-12-13)8-18-11-16-6-5-15(19-16)10-17-14-3-4-14/h1-2,5-7,9,12,14,17H,3-4,8,10-11H2/b2-1+. The SMILES string of the molecule is C(=C\c1ccsc1)/COCc1ccc(CNC2CC2)o1. The molecule has 1 aliphatic carbocycles. The predicted octanol–water partition coefficient (Wildman–Crippen LogP) is 3.82. The van der Waals surface area contributed by atoms with E-state index in [1.807, 2.05) is 18.2 Å². The maximum Gasteiger partial charge on any atom is 0.129 e. The molecule has 0 aliphatic heterocycles. The molecule has 0 bridgehead atoms. The number of hydrogen-bond donors (Lipinski definition) is 1. The van der Waals surface area contributed by atoms with Crippen LogP contribution in [-0.4, -0.2) is 12.6 Å². The van der Waals surface area contributed by atoms with Gasteiger partial charge in [-0.15, -0.1) is 0 Å². The molecule has 20 heavy (non-hydrogen) atoms. The Balaban J connectivity index is 1.35. The summed E-state index contributed by atoms with van der Waals surface area (Å²) in [6.45, 7) is 1.95. The van der Waals surface area contributed by atoms with Gasteiger partial charge in [0.1, 0.15) is 18.1 Å². The molecular weight excluding hydrogens is 270 g/mol. The Bertz CT molecular complexity index is 541. The molecule has 0 amide bonds. The summed E-state index contributed by atoms with van der Waals surface area (Å²) in [4.78, 5) is 0. The lowest BCUT2D eigenvalue weighted by Gasteiger charge is -1.99. The van der Waals surface area contributed by atoms with Crippen LogP contribution < -0.4 is 5.32 Å². The molecule has 2 aromatic heterocycles. The third-order valence-electron chi connectivity index (χ3n) is 3.17. The summed E-state index contributed by atoms with van der Waals surface area (Å²) < 4.78 is 11.3. The monoisotopic (exact) mass is 289 g/mol. The minimum absolute atomic E-state index is 0.525. The molecule has 0 atom stereocenters. The van der Waals surface area contributed by atoms with Crippen molar-refractivity contribution in [3.05, 3.63) is 52.1 Å². The zero-order chi connectivity index (χ0) is 13.6. The van der Waals surface area contributed by atoms with Crippen molar-refractivity contribution >= 4 is 17.4 Å². The van der Waals surface area contributed by atoms with Gasteiger partial charge in [0, 0.05) is 6.04 Å². The van der Waals surface area contributed by atoms with Gasteiger partial charge in [0.2, 0.25) is 0 Å². The van der Waals surface area contributed by atoms with E-state index in [2.05, 4.69) is 28.2 Å². The minimum Gasteiger partial charge on any atom is -0.462 e. The van der Waals surface area contributed by atoms with Gasteiger partial charge in [-0.2, -0.15) is 11.3 Å². The molecule has 0 spiro atoms. The second kappa shape index (κ2) is 6.88. The van der Waals surface area contributed by atoms with Gasteiger partial charge in [-0.05, 0) is 47.4 Å². The normalized spacial score (nSPS) is 15.2. The molecule has 0 saturated heterocycles. The summed E-state index contributed by atoms with van der Waals surface area (Å²) in [6, 6.07) is 6.82. The van der Waals surface area contributed by atoms with Gasteiger partial charge in [0.25, 0.3) is 0 Å². The van der Waals surface area contributed by atoms with Gasteiger partial charge in [0.15, 0.2) is 0 Å². The Morgan fingerprint density at radius 2 is 2.20 bits per heavy atom. The average Bonchev–Trinajstić information content (AvgIpc) is 2.96. The lowest BCUT2D eigenvalue weighted by Crippen LogP contribution is -2.14. The fourth-order valence-electron chi connectivity index (χ4n) is 1.91. The van der Waals surface area contributed by atoms with E-state index in [4.69, 9.17) is 9.15 Å². The average molecular weight is 289 g/mol. The van der Waals surface area contributed by atoms with Gasteiger partial charge < -0.3 is 14.5 Å². The van der Waals surface area contributed by atoms with Crippen LogP contribution in [0.3, 0.4) is 0 Å². The summed E-state index contributed by atoms with van der Waals surface area (Å²) >= 11 is 1.70. The van der Waals surface area contributed by atoms with Crippen LogP contribution in [0.4, 0.5) is 0 Å². The highest BCUT2D eigenvalue weighted by molar-refractivity contribution is 7.08. The first-order valence-electron chi connectivity index (χ1n) is 6.97. The molecule has 0 radical (unpaired) electrons. The molecule has 1 fully saturated rings. The summed E-state index contributed by atoms with van der Waals surface area (Å²) in [5.41, 5.74) is 1.23. The van der Waals surface area contributed by atoms with Crippen LogP contribution in [0.15, 0.2) is 39.5 Å². The van der Waals surface area contributed by atoms with E-state index in [1.54, 1.807) is 11.3 Å². The van der Waals surface area contributed by atoms with E-state index in [1.165, 1.54) is 18.4 Å². The van der Waals surface area contributed by atoms with Crippen molar-refractivity contribution in [3.8, 4) is 0 Å². The molecule has 4 heteroatoms. The zero-order valence-corrected chi connectivity index (χ0v) is 12.2. The number of hydrogen-bond acceptors (Lipinski definition) is 4. The first kappa shape index (κ1) is 13.6. The highest BCUT2D eigenvalue weighted by Crippen LogP contribution is 2.19. The number of furan rings is 1. The van der Waals surface area contributed by atoms with E-state index >= 15 is 0 Å². The Kier molecular flexibility index (Phi) is 4.69. The highest BCUT2D eigenvalue weighted by atomic mass is 32.1.